The highest BCUT2D eigenvalue weighted by molar-refractivity contribution is 5.72. The van der Waals surface area contributed by atoms with Gasteiger partial charge in [-0.05, 0) is 31.0 Å². The number of benzene rings is 1. The Hall–Kier alpha value is -1.69. The van der Waals surface area contributed by atoms with Gasteiger partial charge < -0.3 is 15.2 Å². The molecule has 1 heterocycles. The van der Waals surface area contributed by atoms with Crippen LogP contribution in [0.25, 0.3) is 0 Å². The van der Waals surface area contributed by atoms with Gasteiger partial charge in [0.25, 0.3) is 0 Å². The standard InChI is InChI=1S/C12H13F2NO3/c13-7-1-3-9(14)10(5-7)15-6-8-2-4-11(18-8)12(16)17/h1,3,5,8,11,15H,2,4,6H2,(H,16,17). The molecule has 1 aliphatic rings. The minimum atomic E-state index is -0.991. The third-order valence-electron chi connectivity index (χ3n) is 2.83. The number of carbonyl (C=O) groups is 1. The summed E-state index contributed by atoms with van der Waals surface area (Å²) in [6, 6.07) is 3.12. The van der Waals surface area contributed by atoms with E-state index in [1.807, 2.05) is 0 Å². The van der Waals surface area contributed by atoms with Gasteiger partial charge in [-0.1, -0.05) is 0 Å². The molecule has 0 spiro atoms. The highest BCUT2D eigenvalue weighted by Gasteiger charge is 2.30. The number of anilines is 1. The first kappa shape index (κ1) is 12.8. The molecule has 0 aromatic heterocycles. The van der Waals surface area contributed by atoms with E-state index in [-0.39, 0.29) is 18.3 Å². The third kappa shape index (κ3) is 2.95. The Kier molecular flexibility index (Phi) is 3.76. The maximum atomic E-state index is 13.3. The van der Waals surface area contributed by atoms with Crippen LogP contribution in [0.4, 0.5) is 14.5 Å². The van der Waals surface area contributed by atoms with Crippen LogP contribution >= 0.6 is 0 Å². The lowest BCUT2D eigenvalue weighted by atomic mass is 10.2. The summed E-state index contributed by atoms with van der Waals surface area (Å²) in [5.41, 5.74) is 0.0531. The van der Waals surface area contributed by atoms with Crippen molar-refractivity contribution in [2.45, 2.75) is 25.0 Å². The molecule has 2 rings (SSSR count). The summed E-state index contributed by atoms with van der Waals surface area (Å²) in [5, 5.41) is 11.5. The SMILES string of the molecule is O=C(O)C1CCC(CNc2cc(F)ccc2F)O1. The second kappa shape index (κ2) is 5.30. The average molecular weight is 257 g/mol. The molecule has 98 valence electrons. The quantitative estimate of drug-likeness (QED) is 0.866. The molecule has 0 saturated carbocycles. The zero-order valence-electron chi connectivity index (χ0n) is 9.53. The predicted molar refractivity (Wildman–Crippen MR) is 60.4 cm³/mol. The number of carboxylic acid groups (broad SMARTS) is 1. The van der Waals surface area contributed by atoms with Crippen LogP contribution in [0.1, 0.15) is 12.8 Å². The van der Waals surface area contributed by atoms with E-state index < -0.39 is 23.7 Å². The molecule has 1 aliphatic heterocycles. The monoisotopic (exact) mass is 257 g/mol. The Labute approximate surface area is 103 Å². The maximum absolute atomic E-state index is 13.3. The Morgan fingerprint density at radius 3 is 2.89 bits per heavy atom. The van der Waals surface area contributed by atoms with Gasteiger partial charge in [0.05, 0.1) is 11.8 Å². The van der Waals surface area contributed by atoms with Crippen molar-refractivity contribution >= 4 is 11.7 Å². The van der Waals surface area contributed by atoms with Crippen LogP contribution in [-0.4, -0.2) is 29.8 Å². The Balaban J connectivity index is 1.89. The van der Waals surface area contributed by atoms with E-state index in [0.29, 0.717) is 12.8 Å². The molecule has 2 N–H and O–H groups in total. The smallest absolute Gasteiger partial charge is 0.332 e. The van der Waals surface area contributed by atoms with Crippen molar-refractivity contribution in [3.63, 3.8) is 0 Å². The highest BCUT2D eigenvalue weighted by atomic mass is 19.1. The first-order valence-corrected chi connectivity index (χ1v) is 5.63. The van der Waals surface area contributed by atoms with Crippen LogP contribution in [0.3, 0.4) is 0 Å². The first-order chi connectivity index (χ1) is 8.56. The second-order valence-electron chi connectivity index (χ2n) is 4.17. The number of hydrogen-bond acceptors (Lipinski definition) is 3. The van der Waals surface area contributed by atoms with Gasteiger partial charge in [0.15, 0.2) is 6.10 Å². The Bertz CT molecular complexity index is 453. The second-order valence-corrected chi connectivity index (χ2v) is 4.17. The van der Waals surface area contributed by atoms with Gasteiger partial charge in [-0.2, -0.15) is 0 Å². The van der Waals surface area contributed by atoms with Gasteiger partial charge in [0.1, 0.15) is 11.6 Å². The zero-order valence-corrected chi connectivity index (χ0v) is 9.53. The molecule has 2 atom stereocenters. The molecule has 1 fully saturated rings. The molecule has 2 unspecified atom stereocenters. The number of rotatable bonds is 4. The number of nitrogens with one attached hydrogen (secondary N) is 1. The maximum Gasteiger partial charge on any atom is 0.332 e. The summed E-state index contributed by atoms with van der Waals surface area (Å²) in [6.07, 6.45) is -0.0725. The summed E-state index contributed by atoms with van der Waals surface area (Å²) in [7, 11) is 0. The molecule has 6 heteroatoms. The summed E-state index contributed by atoms with van der Waals surface area (Å²) < 4.78 is 31.4. The molecule has 0 aliphatic carbocycles. The first-order valence-electron chi connectivity index (χ1n) is 5.63. The number of halogens is 2. The summed E-state index contributed by atoms with van der Waals surface area (Å²) in [4.78, 5) is 10.7. The summed E-state index contributed by atoms with van der Waals surface area (Å²) in [5.74, 6) is -2.08. The number of hydrogen-bond donors (Lipinski definition) is 2. The number of carboxylic acids is 1. The number of ether oxygens (including phenoxy) is 1. The topological polar surface area (TPSA) is 58.6 Å². The van der Waals surface area contributed by atoms with E-state index in [1.165, 1.54) is 0 Å². The molecular weight excluding hydrogens is 244 g/mol. The molecule has 4 nitrogen and oxygen atoms in total. The van der Waals surface area contributed by atoms with E-state index in [1.54, 1.807) is 0 Å². The minimum Gasteiger partial charge on any atom is -0.479 e. The van der Waals surface area contributed by atoms with Crippen LogP contribution in [0.15, 0.2) is 18.2 Å². The molecule has 0 radical (unpaired) electrons. The highest BCUT2D eigenvalue weighted by Crippen LogP contribution is 2.21. The van der Waals surface area contributed by atoms with Gasteiger partial charge in [-0.3, -0.25) is 0 Å². The zero-order chi connectivity index (χ0) is 13.1. The molecule has 0 bridgehead atoms. The van der Waals surface area contributed by atoms with E-state index in [0.717, 1.165) is 18.2 Å². The van der Waals surface area contributed by atoms with Gasteiger partial charge in [-0.15, -0.1) is 0 Å². The van der Waals surface area contributed by atoms with Crippen molar-refractivity contribution in [3.05, 3.63) is 29.8 Å². The van der Waals surface area contributed by atoms with Gasteiger partial charge in [-0.25, -0.2) is 13.6 Å². The fraction of sp³-hybridized carbons (Fsp3) is 0.417. The fourth-order valence-corrected chi connectivity index (χ4v) is 1.89. The van der Waals surface area contributed by atoms with E-state index >= 15 is 0 Å². The van der Waals surface area contributed by atoms with Crippen molar-refractivity contribution < 1.29 is 23.4 Å². The van der Waals surface area contributed by atoms with Crippen molar-refractivity contribution in [3.8, 4) is 0 Å². The van der Waals surface area contributed by atoms with Crippen LogP contribution in [0.2, 0.25) is 0 Å². The Morgan fingerprint density at radius 1 is 1.44 bits per heavy atom. The summed E-state index contributed by atoms with van der Waals surface area (Å²) >= 11 is 0. The fourth-order valence-electron chi connectivity index (χ4n) is 1.89. The van der Waals surface area contributed by atoms with Gasteiger partial charge in [0, 0.05) is 6.54 Å². The van der Waals surface area contributed by atoms with Crippen molar-refractivity contribution in [1.29, 1.82) is 0 Å². The third-order valence-corrected chi connectivity index (χ3v) is 2.83. The minimum absolute atomic E-state index is 0.0531. The van der Waals surface area contributed by atoms with Crippen LogP contribution in [0.5, 0.6) is 0 Å². The van der Waals surface area contributed by atoms with Gasteiger partial charge in [0.2, 0.25) is 0 Å². The van der Waals surface area contributed by atoms with Crippen molar-refractivity contribution in [1.82, 2.24) is 0 Å². The van der Waals surface area contributed by atoms with Gasteiger partial charge >= 0.3 is 5.97 Å². The van der Waals surface area contributed by atoms with E-state index in [4.69, 9.17) is 9.84 Å². The molecule has 18 heavy (non-hydrogen) atoms. The average Bonchev–Trinajstić information content (AvgIpc) is 2.79. The summed E-state index contributed by atoms with van der Waals surface area (Å²) in [6.45, 7) is 0.254. The van der Waals surface area contributed by atoms with Crippen molar-refractivity contribution in [2.24, 2.45) is 0 Å². The van der Waals surface area contributed by atoms with E-state index in [9.17, 15) is 13.6 Å². The molecule has 1 saturated heterocycles. The Morgan fingerprint density at radius 2 is 2.22 bits per heavy atom. The lowest BCUT2D eigenvalue weighted by Gasteiger charge is -2.13. The normalized spacial score (nSPS) is 23.0. The predicted octanol–water partition coefficient (Wildman–Crippen LogP) is 2.01. The molecule has 1 aromatic carbocycles. The number of aliphatic carboxylic acids is 1. The van der Waals surface area contributed by atoms with Crippen LogP contribution < -0.4 is 5.32 Å². The van der Waals surface area contributed by atoms with E-state index in [2.05, 4.69) is 5.32 Å². The molecule has 0 amide bonds. The van der Waals surface area contributed by atoms with Crippen molar-refractivity contribution in [2.75, 3.05) is 11.9 Å². The van der Waals surface area contributed by atoms with Crippen LogP contribution in [-0.2, 0) is 9.53 Å². The lowest BCUT2D eigenvalue weighted by molar-refractivity contribution is -0.149. The largest absolute Gasteiger partial charge is 0.479 e. The lowest BCUT2D eigenvalue weighted by Crippen LogP contribution is -2.24. The molecule has 1 aromatic rings. The molecular formula is C12H13F2NO3. The van der Waals surface area contributed by atoms with Crippen LogP contribution in [0, 0.1) is 11.6 Å².